The maximum absolute atomic E-state index is 13.9. The van der Waals surface area contributed by atoms with Crippen molar-refractivity contribution < 1.29 is 23.2 Å². The third kappa shape index (κ3) is 3.57. The van der Waals surface area contributed by atoms with E-state index in [1.807, 2.05) is 0 Å². The average molecular weight is 444 g/mol. The molecule has 4 amide bonds. The summed E-state index contributed by atoms with van der Waals surface area (Å²) in [6, 6.07) is 5.88. The van der Waals surface area contributed by atoms with Gasteiger partial charge in [-0.2, -0.15) is 0 Å². The van der Waals surface area contributed by atoms with Crippen molar-refractivity contribution in [3.63, 3.8) is 0 Å². The number of aromatic nitrogens is 1. The summed E-state index contributed by atoms with van der Waals surface area (Å²) in [5.74, 6) is -1.63. The smallest absolute Gasteiger partial charge is 0.408 e. The van der Waals surface area contributed by atoms with Crippen molar-refractivity contribution in [1.29, 1.82) is 0 Å². The first-order chi connectivity index (χ1) is 15.4. The van der Waals surface area contributed by atoms with E-state index in [9.17, 15) is 23.6 Å². The quantitative estimate of drug-likeness (QED) is 0.775. The molecule has 1 aliphatic carbocycles. The number of imide groups is 1. The lowest BCUT2D eigenvalue weighted by Crippen LogP contribution is -2.65. The summed E-state index contributed by atoms with van der Waals surface area (Å²) in [4.78, 5) is 53.4. The average Bonchev–Trinajstić information content (AvgIpc) is 3.10. The highest BCUT2D eigenvalue weighted by Crippen LogP contribution is 2.33. The highest BCUT2D eigenvalue weighted by Gasteiger charge is 2.47. The van der Waals surface area contributed by atoms with E-state index in [0.29, 0.717) is 49.9 Å². The number of piperidine rings is 1. The number of hydrogen-bond acceptors (Lipinski definition) is 5. The lowest BCUT2D eigenvalue weighted by molar-refractivity contribution is -0.141. The Balaban J connectivity index is 1.23. The predicted molar refractivity (Wildman–Crippen MR) is 111 cm³/mol. The summed E-state index contributed by atoms with van der Waals surface area (Å²) < 4.78 is 20.3. The highest BCUT2D eigenvalue weighted by atomic mass is 19.1. The van der Waals surface area contributed by atoms with Gasteiger partial charge in [-0.15, -0.1) is 0 Å². The Hall–Kier alpha value is -3.17. The Kier molecular flexibility index (Phi) is 5.22. The molecule has 170 valence electrons. The minimum atomic E-state index is -1.01. The van der Waals surface area contributed by atoms with Gasteiger partial charge in [0, 0.05) is 25.2 Å². The Bertz CT molecular complexity index is 1120. The molecule has 0 radical (unpaired) electrons. The number of fused-ring (bicyclic) bond motifs is 2. The second kappa shape index (κ2) is 8.07. The molecule has 3 unspecified atom stereocenters. The monoisotopic (exact) mass is 444 g/mol. The summed E-state index contributed by atoms with van der Waals surface area (Å²) in [6.07, 6.45) is 0.866. The number of oxazole rings is 1. The standard InChI is InChI=1S/C22H25FN4O5/c23-13-5-6-16-15(11-13)20(29)27(21(30)24-16)14-7-9-25(10-8-14)19(28)12-26-17-3-1-2-4-18(17)32-22(26)31/h1-4,13-16H,5-12H2,(H,24,30). The van der Waals surface area contributed by atoms with Crippen molar-refractivity contribution in [3.05, 3.63) is 34.8 Å². The number of alkyl halides is 1. The van der Waals surface area contributed by atoms with Crippen LogP contribution in [0.5, 0.6) is 0 Å². The first-order valence-corrected chi connectivity index (χ1v) is 11.1. The van der Waals surface area contributed by atoms with Gasteiger partial charge in [0.25, 0.3) is 0 Å². The molecule has 5 rings (SSSR count). The molecular weight excluding hydrogens is 419 g/mol. The molecule has 0 spiro atoms. The fourth-order valence-electron chi connectivity index (χ4n) is 5.19. The van der Waals surface area contributed by atoms with Crippen molar-refractivity contribution in [1.82, 2.24) is 19.7 Å². The molecule has 10 heteroatoms. The number of rotatable bonds is 3. The molecule has 3 aliphatic rings. The topological polar surface area (TPSA) is 105 Å². The largest absolute Gasteiger partial charge is 0.420 e. The molecule has 32 heavy (non-hydrogen) atoms. The number of amides is 4. The van der Waals surface area contributed by atoms with Gasteiger partial charge in [-0.05, 0) is 44.2 Å². The van der Waals surface area contributed by atoms with Crippen LogP contribution in [0.3, 0.4) is 0 Å². The molecule has 1 saturated carbocycles. The van der Waals surface area contributed by atoms with Crippen molar-refractivity contribution >= 4 is 28.9 Å². The van der Waals surface area contributed by atoms with Crippen LogP contribution in [0.15, 0.2) is 33.5 Å². The van der Waals surface area contributed by atoms with Crippen LogP contribution in [-0.4, -0.2) is 63.6 Å². The zero-order valence-electron chi connectivity index (χ0n) is 17.5. The molecule has 1 aromatic heterocycles. The summed E-state index contributed by atoms with van der Waals surface area (Å²) in [5.41, 5.74) is 0.986. The van der Waals surface area contributed by atoms with Gasteiger partial charge in [0.1, 0.15) is 12.7 Å². The minimum Gasteiger partial charge on any atom is -0.408 e. The number of carbonyl (C=O) groups is 3. The van der Waals surface area contributed by atoms with Crippen molar-refractivity contribution in [2.24, 2.45) is 5.92 Å². The number of nitrogens with one attached hydrogen (secondary N) is 1. The maximum Gasteiger partial charge on any atom is 0.420 e. The lowest BCUT2D eigenvalue weighted by Gasteiger charge is -2.45. The summed E-state index contributed by atoms with van der Waals surface area (Å²) in [7, 11) is 0. The molecular formula is C22H25FN4O5. The van der Waals surface area contributed by atoms with Gasteiger partial charge in [-0.1, -0.05) is 12.1 Å². The van der Waals surface area contributed by atoms with Gasteiger partial charge >= 0.3 is 11.8 Å². The van der Waals surface area contributed by atoms with Gasteiger partial charge in [-0.3, -0.25) is 19.1 Å². The van der Waals surface area contributed by atoms with E-state index in [-0.39, 0.29) is 36.9 Å². The van der Waals surface area contributed by atoms with Crippen LogP contribution in [0, 0.1) is 5.92 Å². The summed E-state index contributed by atoms with van der Waals surface area (Å²) >= 11 is 0. The van der Waals surface area contributed by atoms with Crippen LogP contribution in [0.4, 0.5) is 9.18 Å². The molecule has 3 fully saturated rings. The number of urea groups is 1. The molecule has 1 N–H and O–H groups in total. The van der Waals surface area contributed by atoms with Crippen LogP contribution in [0.25, 0.3) is 11.1 Å². The van der Waals surface area contributed by atoms with E-state index < -0.39 is 23.9 Å². The molecule has 2 aromatic rings. The Labute approximate surface area is 183 Å². The fraction of sp³-hybridized carbons (Fsp3) is 0.545. The van der Waals surface area contributed by atoms with E-state index in [2.05, 4.69) is 5.32 Å². The molecule has 2 saturated heterocycles. The summed E-state index contributed by atoms with van der Waals surface area (Å²) in [5, 5.41) is 2.87. The first kappa shape index (κ1) is 20.7. The van der Waals surface area contributed by atoms with E-state index in [1.54, 1.807) is 29.2 Å². The number of benzene rings is 1. The highest BCUT2D eigenvalue weighted by molar-refractivity contribution is 5.99. The number of likely N-dealkylation sites (tertiary alicyclic amines) is 1. The predicted octanol–water partition coefficient (Wildman–Crippen LogP) is 1.64. The third-order valence-corrected chi connectivity index (χ3v) is 6.92. The lowest BCUT2D eigenvalue weighted by atomic mass is 9.80. The second-order valence-corrected chi connectivity index (χ2v) is 8.81. The van der Waals surface area contributed by atoms with Gasteiger partial charge in [0.2, 0.25) is 11.8 Å². The third-order valence-electron chi connectivity index (χ3n) is 6.92. The van der Waals surface area contributed by atoms with Gasteiger partial charge in [-0.25, -0.2) is 14.0 Å². The van der Waals surface area contributed by atoms with Crippen molar-refractivity contribution in [3.8, 4) is 0 Å². The molecule has 3 heterocycles. The molecule has 1 aromatic carbocycles. The van der Waals surface area contributed by atoms with E-state index >= 15 is 0 Å². The molecule has 2 aliphatic heterocycles. The van der Waals surface area contributed by atoms with Crippen LogP contribution in [0.2, 0.25) is 0 Å². The van der Waals surface area contributed by atoms with E-state index in [4.69, 9.17) is 4.42 Å². The Morgan fingerprint density at radius 1 is 1.09 bits per heavy atom. The van der Waals surface area contributed by atoms with Crippen LogP contribution in [0.1, 0.15) is 32.1 Å². The Morgan fingerprint density at radius 2 is 1.84 bits per heavy atom. The maximum atomic E-state index is 13.9. The van der Waals surface area contributed by atoms with Crippen LogP contribution < -0.4 is 11.1 Å². The number of carbonyl (C=O) groups excluding carboxylic acids is 3. The number of para-hydroxylation sites is 2. The zero-order chi connectivity index (χ0) is 22.4. The van der Waals surface area contributed by atoms with Crippen molar-refractivity contribution in [2.45, 2.75) is 56.9 Å². The zero-order valence-corrected chi connectivity index (χ0v) is 17.5. The summed E-state index contributed by atoms with van der Waals surface area (Å²) in [6.45, 7) is 0.598. The van der Waals surface area contributed by atoms with E-state index in [1.165, 1.54) is 9.47 Å². The second-order valence-electron chi connectivity index (χ2n) is 8.81. The fourth-order valence-corrected chi connectivity index (χ4v) is 5.19. The van der Waals surface area contributed by atoms with E-state index in [0.717, 1.165) is 0 Å². The van der Waals surface area contributed by atoms with Crippen LogP contribution >= 0.6 is 0 Å². The SMILES string of the molecule is O=C(Cn1c(=O)oc2ccccc21)N1CCC(N2C(=O)NC3CCC(F)CC3C2=O)CC1. The molecule has 9 nitrogen and oxygen atoms in total. The first-order valence-electron chi connectivity index (χ1n) is 11.1. The normalized spacial score (nSPS) is 26.8. The van der Waals surface area contributed by atoms with Crippen LogP contribution in [-0.2, 0) is 16.1 Å². The molecule has 0 bridgehead atoms. The Morgan fingerprint density at radius 3 is 2.62 bits per heavy atom. The van der Waals surface area contributed by atoms with Crippen molar-refractivity contribution in [2.75, 3.05) is 13.1 Å². The number of halogens is 1. The van der Waals surface area contributed by atoms with Gasteiger partial charge in [0.05, 0.1) is 11.4 Å². The molecule has 3 atom stereocenters. The van der Waals surface area contributed by atoms with Gasteiger partial charge in [0.15, 0.2) is 5.58 Å². The van der Waals surface area contributed by atoms with Gasteiger partial charge < -0.3 is 14.6 Å². The number of hydrogen-bond donors (Lipinski definition) is 1. The minimum absolute atomic E-state index is 0.134. The number of nitrogens with zero attached hydrogens (tertiary/aromatic N) is 3.